The predicted molar refractivity (Wildman–Crippen MR) is 111 cm³/mol. The summed E-state index contributed by atoms with van der Waals surface area (Å²) in [4.78, 5) is 21.9. The lowest BCUT2D eigenvalue weighted by Crippen LogP contribution is -2.42. The Hall–Kier alpha value is -1.40. The number of hydrogen-bond acceptors (Lipinski definition) is 5. The van der Waals surface area contributed by atoms with Gasteiger partial charge in [-0.25, -0.2) is 4.99 Å². The van der Waals surface area contributed by atoms with Crippen LogP contribution in [-0.4, -0.2) is 48.2 Å². The Morgan fingerprint density at radius 2 is 2.04 bits per heavy atom. The molecule has 6 heteroatoms. The standard InChI is InChI=1S/C21H29N3O2S/c25-21-18-6-5-16(22-10-7-15-3-1-2-4-15)13-19(18)23-20(24-21)14-27-17-8-11-26-12-9-17/h5-6,13,15,17-18H,1-4,7-12,14H2,(H,23,24,25). The van der Waals surface area contributed by atoms with Gasteiger partial charge in [-0.15, -0.1) is 0 Å². The Bertz CT molecular complexity index is 671. The van der Waals surface area contributed by atoms with Crippen LogP contribution in [0.3, 0.4) is 0 Å². The van der Waals surface area contributed by atoms with Crippen LogP contribution in [0.15, 0.2) is 33.9 Å². The van der Waals surface area contributed by atoms with E-state index in [2.05, 4.69) is 5.32 Å². The molecule has 4 aliphatic rings. The Morgan fingerprint density at radius 3 is 2.85 bits per heavy atom. The monoisotopic (exact) mass is 387 g/mol. The van der Waals surface area contributed by atoms with Gasteiger partial charge in [0, 0.05) is 25.0 Å². The number of amides is 1. The quantitative estimate of drug-likeness (QED) is 0.758. The number of allylic oxidation sites excluding steroid dienone is 2. The van der Waals surface area contributed by atoms with Crippen molar-refractivity contribution in [3.63, 3.8) is 0 Å². The number of amidine groups is 1. The van der Waals surface area contributed by atoms with Crippen molar-refractivity contribution in [2.45, 2.75) is 50.2 Å². The van der Waals surface area contributed by atoms with Crippen molar-refractivity contribution in [3.8, 4) is 0 Å². The zero-order chi connectivity index (χ0) is 18.5. The zero-order valence-electron chi connectivity index (χ0n) is 15.9. The van der Waals surface area contributed by atoms with Crippen molar-refractivity contribution in [1.82, 2.24) is 5.32 Å². The van der Waals surface area contributed by atoms with E-state index < -0.39 is 0 Å². The third-order valence-electron chi connectivity index (χ3n) is 5.82. The second kappa shape index (κ2) is 9.20. The topological polar surface area (TPSA) is 63.0 Å². The molecule has 4 rings (SSSR count). The minimum absolute atomic E-state index is 0.0279. The maximum Gasteiger partial charge on any atom is 0.238 e. The number of rotatable bonds is 6. The largest absolute Gasteiger partial charge is 0.381 e. The SMILES string of the molecule is O=C1NC(CSC2CCOCC2)=NC2=CC(=NCCC3CCCC3)C=CC12. The summed E-state index contributed by atoms with van der Waals surface area (Å²) in [5.74, 6) is 2.14. The average molecular weight is 388 g/mol. The molecule has 0 aromatic rings. The van der Waals surface area contributed by atoms with Gasteiger partial charge in [0.15, 0.2) is 0 Å². The summed E-state index contributed by atoms with van der Waals surface area (Å²) in [6, 6.07) is 0. The van der Waals surface area contributed by atoms with Crippen LogP contribution in [0.2, 0.25) is 0 Å². The predicted octanol–water partition coefficient (Wildman–Crippen LogP) is 3.52. The number of carbonyl (C=O) groups excluding carboxylic acids is 1. The van der Waals surface area contributed by atoms with Gasteiger partial charge in [0.25, 0.3) is 0 Å². The number of fused-ring (bicyclic) bond motifs is 1. The number of hydrogen-bond donors (Lipinski definition) is 1. The number of ether oxygens (including phenoxy) is 1. The third kappa shape index (κ3) is 5.11. The van der Waals surface area contributed by atoms with E-state index in [0.29, 0.717) is 5.25 Å². The van der Waals surface area contributed by atoms with Crippen LogP contribution < -0.4 is 5.32 Å². The van der Waals surface area contributed by atoms with Gasteiger partial charge in [0.05, 0.1) is 23.1 Å². The highest BCUT2D eigenvalue weighted by atomic mass is 32.2. The molecular weight excluding hydrogens is 358 g/mol. The Balaban J connectivity index is 1.36. The molecule has 5 nitrogen and oxygen atoms in total. The van der Waals surface area contributed by atoms with Crippen LogP contribution in [0.25, 0.3) is 0 Å². The van der Waals surface area contributed by atoms with Gasteiger partial charge in [0.1, 0.15) is 5.84 Å². The van der Waals surface area contributed by atoms with Crippen LogP contribution >= 0.6 is 11.8 Å². The molecule has 1 unspecified atom stereocenters. The lowest BCUT2D eigenvalue weighted by molar-refractivity contribution is -0.121. The molecule has 0 spiro atoms. The minimum atomic E-state index is -0.268. The maximum atomic E-state index is 12.4. The smallest absolute Gasteiger partial charge is 0.238 e. The number of thioether (sulfide) groups is 1. The average Bonchev–Trinajstić information content (AvgIpc) is 3.20. The number of nitrogens with one attached hydrogen (secondary N) is 1. The maximum absolute atomic E-state index is 12.4. The van der Waals surface area contributed by atoms with E-state index in [9.17, 15) is 4.79 Å². The molecule has 0 aromatic carbocycles. The molecular formula is C21H29N3O2S. The summed E-state index contributed by atoms with van der Waals surface area (Å²) in [7, 11) is 0. The van der Waals surface area contributed by atoms with E-state index in [1.165, 1.54) is 32.1 Å². The van der Waals surface area contributed by atoms with Crippen LogP contribution in [-0.2, 0) is 9.53 Å². The number of aliphatic imine (C=N–C) groups is 2. The molecule has 0 aromatic heterocycles. The van der Waals surface area contributed by atoms with E-state index >= 15 is 0 Å². The van der Waals surface area contributed by atoms with Crippen LogP contribution in [0.4, 0.5) is 0 Å². The fourth-order valence-electron chi connectivity index (χ4n) is 4.19. The first-order valence-electron chi connectivity index (χ1n) is 10.3. The lowest BCUT2D eigenvalue weighted by atomic mass is 9.96. The van der Waals surface area contributed by atoms with Crippen LogP contribution in [0, 0.1) is 11.8 Å². The molecule has 0 bridgehead atoms. The molecule has 2 aliphatic carbocycles. The van der Waals surface area contributed by atoms with E-state index in [1.807, 2.05) is 30.0 Å². The second-order valence-corrected chi connectivity index (χ2v) is 9.11. The van der Waals surface area contributed by atoms with Crippen molar-refractivity contribution in [2.75, 3.05) is 25.5 Å². The third-order valence-corrected chi connectivity index (χ3v) is 7.20. The molecule has 1 saturated carbocycles. The summed E-state index contributed by atoms with van der Waals surface area (Å²) in [5.41, 5.74) is 1.79. The van der Waals surface area contributed by atoms with Gasteiger partial charge in [-0.1, -0.05) is 31.8 Å². The van der Waals surface area contributed by atoms with Gasteiger partial charge < -0.3 is 10.1 Å². The van der Waals surface area contributed by atoms with Gasteiger partial charge in [0.2, 0.25) is 5.91 Å². The Kier molecular flexibility index (Phi) is 6.45. The fraction of sp³-hybridized carbons (Fsp3) is 0.667. The molecule has 1 amide bonds. The molecule has 1 N–H and O–H groups in total. The molecule has 27 heavy (non-hydrogen) atoms. The van der Waals surface area contributed by atoms with Gasteiger partial charge >= 0.3 is 0 Å². The van der Waals surface area contributed by atoms with Crippen molar-refractivity contribution in [3.05, 3.63) is 23.9 Å². The lowest BCUT2D eigenvalue weighted by Gasteiger charge is -2.26. The van der Waals surface area contributed by atoms with Crippen molar-refractivity contribution in [2.24, 2.45) is 21.8 Å². The van der Waals surface area contributed by atoms with E-state index in [-0.39, 0.29) is 11.8 Å². The Morgan fingerprint density at radius 1 is 1.22 bits per heavy atom. The molecule has 1 saturated heterocycles. The van der Waals surface area contributed by atoms with Crippen molar-refractivity contribution < 1.29 is 9.53 Å². The van der Waals surface area contributed by atoms with E-state index in [1.54, 1.807) is 0 Å². The summed E-state index contributed by atoms with van der Waals surface area (Å²) in [6.45, 7) is 2.56. The summed E-state index contributed by atoms with van der Waals surface area (Å²) >= 11 is 1.87. The molecule has 0 radical (unpaired) electrons. The molecule has 2 aliphatic heterocycles. The van der Waals surface area contributed by atoms with E-state index in [4.69, 9.17) is 14.7 Å². The normalized spacial score (nSPS) is 28.1. The van der Waals surface area contributed by atoms with Gasteiger partial charge in [-0.05, 0) is 37.3 Å². The fourth-order valence-corrected chi connectivity index (χ4v) is 5.25. The summed E-state index contributed by atoms with van der Waals surface area (Å²) < 4.78 is 5.41. The number of carbonyl (C=O) groups is 1. The number of nitrogens with zero attached hydrogens (tertiary/aromatic N) is 2. The highest BCUT2D eigenvalue weighted by molar-refractivity contribution is 8.00. The first-order valence-corrected chi connectivity index (χ1v) is 11.3. The molecule has 2 heterocycles. The van der Waals surface area contributed by atoms with Crippen molar-refractivity contribution >= 4 is 29.2 Å². The first kappa shape index (κ1) is 18.9. The Labute approximate surface area is 165 Å². The van der Waals surface area contributed by atoms with Crippen molar-refractivity contribution in [1.29, 1.82) is 0 Å². The molecule has 146 valence electrons. The molecule has 2 fully saturated rings. The van der Waals surface area contributed by atoms with Gasteiger partial charge in [-0.2, -0.15) is 11.8 Å². The summed E-state index contributed by atoms with van der Waals surface area (Å²) in [5, 5.41) is 3.58. The first-order chi connectivity index (χ1) is 13.3. The van der Waals surface area contributed by atoms with Crippen LogP contribution in [0.5, 0.6) is 0 Å². The second-order valence-electron chi connectivity index (χ2n) is 7.82. The highest BCUT2D eigenvalue weighted by Gasteiger charge is 2.29. The highest BCUT2D eigenvalue weighted by Crippen LogP contribution is 2.28. The van der Waals surface area contributed by atoms with Gasteiger partial charge in [-0.3, -0.25) is 9.79 Å². The molecule has 1 atom stereocenters. The van der Waals surface area contributed by atoms with E-state index in [0.717, 1.165) is 61.5 Å². The van der Waals surface area contributed by atoms with Crippen LogP contribution in [0.1, 0.15) is 44.9 Å². The minimum Gasteiger partial charge on any atom is -0.381 e. The summed E-state index contributed by atoms with van der Waals surface area (Å²) in [6.07, 6.45) is 14.7. The zero-order valence-corrected chi connectivity index (χ0v) is 16.7.